The summed E-state index contributed by atoms with van der Waals surface area (Å²) in [6, 6.07) is 13.2. The van der Waals surface area contributed by atoms with Crippen LogP contribution in [0.15, 0.2) is 65.3 Å². The third-order valence-corrected chi connectivity index (χ3v) is 10.9. The summed E-state index contributed by atoms with van der Waals surface area (Å²) in [7, 11) is -4.19. The molecule has 1 heterocycles. The zero-order chi connectivity index (χ0) is 21.1. The molecule has 0 saturated heterocycles. The van der Waals surface area contributed by atoms with E-state index < -0.39 is 15.7 Å². The zero-order valence-electron chi connectivity index (χ0n) is 15.1. The molecule has 30 heavy (non-hydrogen) atoms. The number of aromatic hydroxyl groups is 2. The third kappa shape index (κ3) is 3.76. The van der Waals surface area contributed by atoms with E-state index in [2.05, 4.69) is 69.8 Å². The van der Waals surface area contributed by atoms with Crippen molar-refractivity contribution >= 4 is 73.8 Å². The van der Waals surface area contributed by atoms with Gasteiger partial charge >= 0.3 is 29.6 Å². The summed E-state index contributed by atoms with van der Waals surface area (Å²) in [6.45, 7) is 0. The molecule has 0 radical (unpaired) electrons. The van der Waals surface area contributed by atoms with Crippen LogP contribution in [0.2, 0.25) is 0 Å². The Bertz CT molecular complexity index is 1200. The second-order valence-electron chi connectivity index (χ2n) is 6.19. The van der Waals surface area contributed by atoms with Crippen molar-refractivity contribution in [1.82, 2.24) is 0 Å². The fourth-order valence-corrected chi connectivity index (χ4v) is 8.05. The molecule has 0 aliphatic carbocycles. The number of phenolic OH excluding ortho intramolecular Hbond substituents is 2. The van der Waals surface area contributed by atoms with Crippen LogP contribution in [-0.4, -0.2) is 18.6 Å². The molecule has 0 spiro atoms. The van der Waals surface area contributed by atoms with E-state index in [1.54, 1.807) is 18.2 Å². The van der Waals surface area contributed by atoms with E-state index in [4.69, 9.17) is 4.18 Å². The average molecular weight is 692 g/mol. The van der Waals surface area contributed by atoms with E-state index in [1.165, 1.54) is 24.3 Å². The molecular formula is C19H9Br4NaO5S. The molecule has 5 nitrogen and oxygen atoms in total. The molecule has 2 N–H and O–H groups in total. The van der Waals surface area contributed by atoms with E-state index in [-0.39, 0.29) is 46.0 Å². The molecule has 0 saturated carbocycles. The second-order valence-corrected chi connectivity index (χ2v) is 10.8. The molecule has 150 valence electrons. The maximum absolute atomic E-state index is 13.2. The van der Waals surface area contributed by atoms with Crippen molar-refractivity contribution in [2.75, 3.05) is 0 Å². The summed E-state index contributed by atoms with van der Waals surface area (Å²) >= 11 is 13.8. The molecule has 11 heteroatoms. The normalized spacial score (nSPS) is 19.2. The van der Waals surface area contributed by atoms with E-state index in [1.807, 2.05) is 0 Å². The van der Waals surface area contributed by atoms with Crippen LogP contribution in [0.4, 0.5) is 0 Å². The summed E-state index contributed by atoms with van der Waals surface area (Å²) in [4.78, 5) is -0.0272. The molecule has 1 unspecified atom stereocenters. The van der Waals surface area contributed by atoms with Gasteiger partial charge in [0.1, 0.15) is 16.2 Å². The van der Waals surface area contributed by atoms with Gasteiger partial charge in [-0.3, -0.25) is 4.18 Å². The SMILES string of the molecule is O=S1(=O)OC(c2c[c-]c(O)cc2)(c2ccc(O)cc2)c2c(Br)c(Br)c(Br)c(Br)c21.[Na+]. The number of phenols is 2. The molecular weight excluding hydrogens is 683 g/mol. The Labute approximate surface area is 228 Å². The van der Waals surface area contributed by atoms with Crippen molar-refractivity contribution in [3.63, 3.8) is 0 Å². The van der Waals surface area contributed by atoms with Crippen molar-refractivity contribution in [2.45, 2.75) is 10.5 Å². The number of hydrogen-bond acceptors (Lipinski definition) is 5. The minimum atomic E-state index is -4.19. The zero-order valence-corrected chi connectivity index (χ0v) is 24.2. The van der Waals surface area contributed by atoms with Crippen LogP contribution in [-0.2, 0) is 19.9 Å². The minimum Gasteiger partial charge on any atom is -0.534 e. The first-order valence-electron chi connectivity index (χ1n) is 7.92. The van der Waals surface area contributed by atoms with Crippen LogP contribution in [0.3, 0.4) is 0 Å². The van der Waals surface area contributed by atoms with Crippen LogP contribution in [0.5, 0.6) is 11.5 Å². The Hall–Kier alpha value is 0.0900. The van der Waals surface area contributed by atoms with Crippen molar-refractivity contribution in [1.29, 1.82) is 0 Å². The molecule has 0 aromatic heterocycles. The number of halogens is 4. The predicted octanol–water partition coefficient (Wildman–Crippen LogP) is 2.96. The molecule has 1 aliphatic heterocycles. The molecule has 3 aromatic rings. The van der Waals surface area contributed by atoms with Crippen LogP contribution < -0.4 is 29.6 Å². The maximum Gasteiger partial charge on any atom is 1.00 e. The topological polar surface area (TPSA) is 83.8 Å². The average Bonchev–Trinajstić information content (AvgIpc) is 2.94. The predicted molar refractivity (Wildman–Crippen MR) is 120 cm³/mol. The molecule has 4 rings (SSSR count). The van der Waals surface area contributed by atoms with Crippen molar-refractivity contribution in [3.8, 4) is 11.5 Å². The van der Waals surface area contributed by atoms with Gasteiger partial charge in [-0.1, -0.05) is 12.1 Å². The summed E-state index contributed by atoms with van der Waals surface area (Å²) in [5.74, 6) is -0.0626. The van der Waals surface area contributed by atoms with Crippen LogP contribution >= 0.6 is 63.7 Å². The Morgan fingerprint density at radius 3 is 1.97 bits per heavy atom. The second kappa shape index (κ2) is 8.79. The quantitative estimate of drug-likeness (QED) is 0.142. The summed E-state index contributed by atoms with van der Waals surface area (Å²) < 4.78 is 34.0. The fourth-order valence-electron chi connectivity index (χ4n) is 3.29. The van der Waals surface area contributed by atoms with E-state index in [0.29, 0.717) is 34.6 Å². The van der Waals surface area contributed by atoms with Gasteiger partial charge in [-0.15, -0.1) is 17.7 Å². The largest absolute Gasteiger partial charge is 1.00 e. The first-order valence-corrected chi connectivity index (χ1v) is 12.5. The maximum atomic E-state index is 13.2. The van der Waals surface area contributed by atoms with Gasteiger partial charge < -0.3 is 10.2 Å². The van der Waals surface area contributed by atoms with Gasteiger partial charge in [0.2, 0.25) is 0 Å². The monoisotopic (exact) mass is 688 g/mol. The van der Waals surface area contributed by atoms with Crippen LogP contribution in [0.25, 0.3) is 0 Å². The Balaban J connectivity index is 0.00000256. The Morgan fingerprint density at radius 2 is 1.40 bits per heavy atom. The van der Waals surface area contributed by atoms with Crippen molar-refractivity contribution in [3.05, 3.63) is 83.1 Å². The standard InChI is InChI=1S/C19H9Br4O5S.Na/c20-14-13-18(17(23)16(22)15(14)21)29(26,27)28-19(13,9-1-5-11(24)6-2-9)10-3-7-12(25)8-4-10;/h1-7,24-25H;/q-1;+1. The first kappa shape index (κ1) is 24.7. The van der Waals surface area contributed by atoms with E-state index in [9.17, 15) is 18.6 Å². The van der Waals surface area contributed by atoms with Gasteiger partial charge in [-0.2, -0.15) is 20.6 Å². The molecule has 1 aliphatic rings. The molecule has 3 aromatic carbocycles. The van der Waals surface area contributed by atoms with E-state index >= 15 is 0 Å². The first-order chi connectivity index (χ1) is 13.6. The number of rotatable bonds is 2. The number of hydrogen-bond donors (Lipinski definition) is 2. The van der Waals surface area contributed by atoms with Gasteiger partial charge in [-0.05, 0) is 81.4 Å². The van der Waals surface area contributed by atoms with Crippen molar-refractivity contribution in [2.24, 2.45) is 0 Å². The Kier molecular flexibility index (Phi) is 7.25. The van der Waals surface area contributed by atoms with Crippen LogP contribution in [0, 0.1) is 6.07 Å². The summed E-state index contributed by atoms with van der Waals surface area (Å²) in [5, 5.41) is 19.4. The number of fused-ring (bicyclic) bond motifs is 1. The molecule has 1 atom stereocenters. The van der Waals surface area contributed by atoms with Gasteiger partial charge in [0.25, 0.3) is 10.1 Å². The fraction of sp³-hybridized carbons (Fsp3) is 0.0526. The third-order valence-electron chi connectivity index (χ3n) is 4.54. The van der Waals surface area contributed by atoms with Gasteiger partial charge in [-0.25, -0.2) is 0 Å². The molecule has 0 amide bonds. The van der Waals surface area contributed by atoms with Crippen molar-refractivity contribution < 1.29 is 52.4 Å². The number of benzene rings is 3. The van der Waals surface area contributed by atoms with Crippen LogP contribution in [0.1, 0.15) is 16.7 Å². The van der Waals surface area contributed by atoms with Gasteiger partial charge in [0, 0.05) is 24.7 Å². The minimum absolute atomic E-state index is 0. The smallest absolute Gasteiger partial charge is 0.534 e. The van der Waals surface area contributed by atoms with Gasteiger partial charge in [0.15, 0.2) is 0 Å². The molecule has 0 fully saturated rings. The Morgan fingerprint density at radius 1 is 0.833 bits per heavy atom. The summed E-state index contributed by atoms with van der Waals surface area (Å²) in [6.07, 6.45) is 0. The summed E-state index contributed by atoms with van der Waals surface area (Å²) in [5.41, 5.74) is -0.315. The van der Waals surface area contributed by atoms with E-state index in [0.717, 1.165) is 0 Å². The van der Waals surface area contributed by atoms with Gasteiger partial charge in [0.05, 0.1) is 4.47 Å². The molecule has 0 bridgehead atoms.